The first-order valence-electron chi connectivity index (χ1n) is 7.01. The van der Waals surface area contributed by atoms with E-state index in [-0.39, 0.29) is 28.7 Å². The summed E-state index contributed by atoms with van der Waals surface area (Å²) in [6.07, 6.45) is 3.79. The molecule has 21 heavy (non-hydrogen) atoms. The van der Waals surface area contributed by atoms with Crippen molar-refractivity contribution >= 4 is 21.5 Å². The first-order valence-corrected chi connectivity index (χ1v) is 8.90. The maximum absolute atomic E-state index is 12.6. The molecule has 2 aliphatic rings. The number of Topliss-reactive ketones (excluding diaryl/α,β-unsaturated/α-hetero) is 1. The predicted octanol–water partition coefficient (Wildman–Crippen LogP) is 1.43. The number of benzene rings is 1. The van der Waals surface area contributed by atoms with Crippen molar-refractivity contribution in [3.05, 3.63) is 29.8 Å². The molecule has 0 saturated carbocycles. The van der Waals surface area contributed by atoms with E-state index in [1.54, 1.807) is 12.1 Å². The van der Waals surface area contributed by atoms with Gasteiger partial charge in [0.1, 0.15) is 5.78 Å². The molecule has 2 saturated heterocycles. The van der Waals surface area contributed by atoms with Gasteiger partial charge in [-0.05, 0) is 37.1 Å². The third kappa shape index (κ3) is 2.60. The lowest BCUT2D eigenvalue weighted by Gasteiger charge is -2.34. The fourth-order valence-corrected chi connectivity index (χ4v) is 3.93. The van der Waals surface area contributed by atoms with Crippen LogP contribution in [0.1, 0.15) is 36.0 Å². The van der Waals surface area contributed by atoms with Crippen LogP contribution in [0.4, 0.5) is 0 Å². The van der Waals surface area contributed by atoms with Gasteiger partial charge in [-0.15, -0.1) is 0 Å². The summed E-state index contributed by atoms with van der Waals surface area (Å²) in [5.74, 6) is 0.133. The Morgan fingerprint density at radius 2 is 1.62 bits per heavy atom. The molecule has 0 aliphatic carbocycles. The van der Waals surface area contributed by atoms with E-state index < -0.39 is 9.84 Å². The van der Waals surface area contributed by atoms with E-state index in [1.165, 1.54) is 12.1 Å². The van der Waals surface area contributed by atoms with Gasteiger partial charge in [-0.3, -0.25) is 9.59 Å². The first kappa shape index (κ1) is 14.3. The van der Waals surface area contributed by atoms with Crippen LogP contribution in [0, 0.1) is 0 Å². The van der Waals surface area contributed by atoms with E-state index in [0.29, 0.717) is 18.4 Å². The van der Waals surface area contributed by atoms with Crippen molar-refractivity contribution in [1.29, 1.82) is 0 Å². The topological polar surface area (TPSA) is 71.5 Å². The second-order valence-corrected chi connectivity index (χ2v) is 7.86. The normalized spacial score (nSPS) is 25.2. The maximum atomic E-state index is 12.6. The number of nitrogens with zero attached hydrogens (tertiary/aromatic N) is 1. The molecule has 2 bridgehead atoms. The van der Waals surface area contributed by atoms with Gasteiger partial charge in [-0.1, -0.05) is 0 Å². The highest BCUT2D eigenvalue weighted by molar-refractivity contribution is 7.90. The average molecular weight is 307 g/mol. The van der Waals surface area contributed by atoms with Crippen molar-refractivity contribution in [2.75, 3.05) is 6.26 Å². The van der Waals surface area contributed by atoms with Crippen LogP contribution in [0.5, 0.6) is 0 Å². The van der Waals surface area contributed by atoms with Crippen LogP contribution in [0.2, 0.25) is 0 Å². The van der Waals surface area contributed by atoms with E-state index in [2.05, 4.69) is 0 Å². The van der Waals surface area contributed by atoms with Gasteiger partial charge in [-0.25, -0.2) is 8.42 Å². The van der Waals surface area contributed by atoms with Crippen LogP contribution in [-0.2, 0) is 14.6 Å². The molecule has 2 fully saturated rings. The summed E-state index contributed by atoms with van der Waals surface area (Å²) < 4.78 is 22.9. The quantitative estimate of drug-likeness (QED) is 0.828. The van der Waals surface area contributed by atoms with Crippen molar-refractivity contribution < 1.29 is 18.0 Å². The van der Waals surface area contributed by atoms with E-state index in [4.69, 9.17) is 0 Å². The zero-order valence-corrected chi connectivity index (χ0v) is 12.6. The molecule has 1 aromatic rings. The van der Waals surface area contributed by atoms with Crippen LogP contribution in [0.15, 0.2) is 29.2 Å². The molecule has 0 spiro atoms. The summed E-state index contributed by atoms with van der Waals surface area (Å²) in [5.41, 5.74) is 0.480. The highest BCUT2D eigenvalue weighted by Crippen LogP contribution is 2.35. The Morgan fingerprint density at radius 3 is 2.10 bits per heavy atom. The molecule has 0 radical (unpaired) electrons. The second-order valence-electron chi connectivity index (χ2n) is 5.84. The summed E-state index contributed by atoms with van der Waals surface area (Å²) in [5, 5.41) is 0. The van der Waals surface area contributed by atoms with Crippen molar-refractivity contribution in [1.82, 2.24) is 4.90 Å². The molecule has 0 N–H and O–H groups in total. The predicted molar refractivity (Wildman–Crippen MR) is 76.8 cm³/mol. The monoisotopic (exact) mass is 307 g/mol. The molecule has 112 valence electrons. The summed E-state index contributed by atoms with van der Waals surface area (Å²) >= 11 is 0. The molecule has 1 amide bonds. The fourth-order valence-electron chi connectivity index (χ4n) is 3.30. The smallest absolute Gasteiger partial charge is 0.254 e. The Hall–Kier alpha value is -1.69. The lowest BCUT2D eigenvalue weighted by molar-refractivity contribution is -0.122. The van der Waals surface area contributed by atoms with Crippen LogP contribution in [0.25, 0.3) is 0 Å². The number of ketones is 1. The van der Waals surface area contributed by atoms with Crippen molar-refractivity contribution in [2.24, 2.45) is 0 Å². The summed E-state index contributed by atoms with van der Waals surface area (Å²) in [7, 11) is -3.26. The van der Waals surface area contributed by atoms with Crippen molar-refractivity contribution in [2.45, 2.75) is 42.7 Å². The van der Waals surface area contributed by atoms with E-state index in [0.717, 1.165) is 19.1 Å². The van der Waals surface area contributed by atoms with Gasteiger partial charge in [0, 0.05) is 36.7 Å². The number of hydrogen-bond donors (Lipinski definition) is 0. The van der Waals surface area contributed by atoms with Crippen LogP contribution in [0.3, 0.4) is 0 Å². The van der Waals surface area contributed by atoms with Crippen LogP contribution < -0.4 is 0 Å². The molecule has 2 atom stereocenters. The largest absolute Gasteiger partial charge is 0.332 e. The molecule has 1 aromatic carbocycles. The molecule has 0 aromatic heterocycles. The maximum Gasteiger partial charge on any atom is 0.254 e. The zero-order chi connectivity index (χ0) is 15.2. The van der Waals surface area contributed by atoms with Crippen LogP contribution in [-0.4, -0.2) is 43.3 Å². The molecular formula is C15H17NO4S. The van der Waals surface area contributed by atoms with Gasteiger partial charge in [0.15, 0.2) is 9.84 Å². The number of hydrogen-bond acceptors (Lipinski definition) is 4. The number of amides is 1. The van der Waals surface area contributed by atoms with Crippen molar-refractivity contribution in [3.63, 3.8) is 0 Å². The summed E-state index contributed by atoms with van der Waals surface area (Å²) in [6.45, 7) is 0. The number of piperidine rings is 1. The SMILES string of the molecule is CS(=O)(=O)c1ccc(C(=O)N2C3CCC2CC(=O)C3)cc1. The Balaban J connectivity index is 1.85. The minimum Gasteiger partial charge on any atom is -0.332 e. The van der Waals surface area contributed by atoms with Gasteiger partial charge in [0.05, 0.1) is 4.90 Å². The molecule has 5 nitrogen and oxygen atoms in total. The van der Waals surface area contributed by atoms with Gasteiger partial charge < -0.3 is 4.90 Å². The summed E-state index contributed by atoms with van der Waals surface area (Å²) in [6, 6.07) is 6.04. The van der Waals surface area contributed by atoms with E-state index in [9.17, 15) is 18.0 Å². The van der Waals surface area contributed by atoms with Gasteiger partial charge >= 0.3 is 0 Å². The van der Waals surface area contributed by atoms with Gasteiger partial charge in [0.25, 0.3) is 5.91 Å². The lowest BCUT2D eigenvalue weighted by atomic mass is 10.00. The molecular weight excluding hydrogens is 290 g/mol. The Labute approximate surface area is 123 Å². The Kier molecular flexibility index (Phi) is 3.36. The van der Waals surface area contributed by atoms with E-state index >= 15 is 0 Å². The number of carbonyl (C=O) groups is 2. The van der Waals surface area contributed by atoms with Gasteiger partial charge in [0.2, 0.25) is 0 Å². The molecule has 2 heterocycles. The summed E-state index contributed by atoms with van der Waals surface area (Å²) in [4.78, 5) is 26.2. The third-order valence-corrected chi connectivity index (χ3v) is 5.44. The molecule has 2 unspecified atom stereocenters. The average Bonchev–Trinajstić information content (AvgIpc) is 2.69. The minimum absolute atomic E-state index is 0.0123. The minimum atomic E-state index is -3.26. The lowest BCUT2D eigenvalue weighted by Crippen LogP contribution is -2.46. The second kappa shape index (κ2) is 4.94. The fraction of sp³-hybridized carbons (Fsp3) is 0.467. The third-order valence-electron chi connectivity index (χ3n) is 4.31. The molecule has 2 aliphatic heterocycles. The number of rotatable bonds is 2. The highest BCUT2D eigenvalue weighted by Gasteiger charge is 2.42. The standard InChI is InChI=1S/C15H17NO4S/c1-21(19,20)14-6-2-10(3-7-14)15(18)16-11-4-5-12(16)9-13(17)8-11/h2-3,6-7,11-12H,4-5,8-9H2,1H3. The molecule has 6 heteroatoms. The Morgan fingerprint density at radius 1 is 1.10 bits per heavy atom. The van der Waals surface area contributed by atoms with Crippen molar-refractivity contribution in [3.8, 4) is 0 Å². The van der Waals surface area contributed by atoms with Gasteiger partial charge in [-0.2, -0.15) is 0 Å². The highest BCUT2D eigenvalue weighted by atomic mass is 32.2. The van der Waals surface area contributed by atoms with E-state index in [1.807, 2.05) is 4.90 Å². The van der Waals surface area contributed by atoms with Crippen LogP contribution >= 0.6 is 0 Å². The first-order chi connectivity index (χ1) is 9.86. The molecule has 3 rings (SSSR count). The Bertz CT molecular complexity index is 677. The number of sulfone groups is 1. The number of carbonyl (C=O) groups excluding carboxylic acids is 2. The zero-order valence-electron chi connectivity index (χ0n) is 11.8. The number of fused-ring (bicyclic) bond motifs is 2.